The summed E-state index contributed by atoms with van der Waals surface area (Å²) in [6.07, 6.45) is 2.22. The lowest BCUT2D eigenvalue weighted by atomic mass is 9.91. The van der Waals surface area contributed by atoms with E-state index in [0.29, 0.717) is 0 Å². The Balaban J connectivity index is 1.36. The molecule has 0 unspecified atom stereocenters. The van der Waals surface area contributed by atoms with E-state index in [1.807, 2.05) is 0 Å². The molecule has 206 valence electrons. The van der Waals surface area contributed by atoms with Crippen LogP contribution >= 0.6 is 0 Å². The molecule has 0 bridgehead atoms. The second-order valence-corrected chi connectivity index (χ2v) is 11.2. The van der Waals surface area contributed by atoms with Gasteiger partial charge in [-0.05, 0) is 106 Å². The van der Waals surface area contributed by atoms with Crippen molar-refractivity contribution < 1.29 is 4.57 Å². The lowest BCUT2D eigenvalue weighted by molar-refractivity contribution is -0.681. The number of hydrogen-bond acceptors (Lipinski definition) is 0. The van der Waals surface area contributed by atoms with E-state index in [-0.39, 0.29) is 0 Å². The molecular formula is C42H34N+. The topological polar surface area (TPSA) is 3.88 Å². The van der Waals surface area contributed by atoms with Crippen molar-refractivity contribution in [1.29, 1.82) is 0 Å². The van der Waals surface area contributed by atoms with Gasteiger partial charge < -0.3 is 0 Å². The number of pyridine rings is 1. The molecule has 1 heteroatoms. The van der Waals surface area contributed by atoms with Gasteiger partial charge >= 0.3 is 0 Å². The third-order valence-electron chi connectivity index (χ3n) is 8.45. The molecule has 0 atom stereocenters. The lowest BCUT2D eigenvalue weighted by Gasteiger charge is -2.14. The van der Waals surface area contributed by atoms with Crippen molar-refractivity contribution in [1.82, 2.24) is 0 Å². The zero-order chi connectivity index (χ0) is 29.2. The summed E-state index contributed by atoms with van der Waals surface area (Å²) in [5, 5.41) is 2.55. The minimum Gasteiger partial charge on any atom is -0.198 e. The first-order chi connectivity index (χ1) is 21.2. The van der Waals surface area contributed by atoms with Gasteiger partial charge in [0.25, 0.3) is 0 Å². The molecule has 0 amide bonds. The van der Waals surface area contributed by atoms with E-state index in [4.69, 9.17) is 0 Å². The second-order valence-electron chi connectivity index (χ2n) is 11.2. The van der Waals surface area contributed by atoms with Gasteiger partial charge in [-0.1, -0.05) is 109 Å². The maximum Gasteiger partial charge on any atom is 0.220 e. The number of aryl methyl sites for hydroxylation is 2. The SMILES string of the molecule is CC[n+]1ccc2ccccc2c1-c1cc(-c2cccc(-c3cc(-c4ccccc4)cc(-c4ccccc4)c3)c2)ccc1C. The maximum absolute atomic E-state index is 2.37. The quantitative estimate of drug-likeness (QED) is 0.181. The average Bonchev–Trinajstić information content (AvgIpc) is 3.08. The number of benzene rings is 6. The monoisotopic (exact) mass is 552 g/mol. The van der Waals surface area contributed by atoms with E-state index < -0.39 is 0 Å². The van der Waals surface area contributed by atoms with Crippen molar-refractivity contribution >= 4 is 10.8 Å². The van der Waals surface area contributed by atoms with Crippen molar-refractivity contribution in [3.63, 3.8) is 0 Å². The van der Waals surface area contributed by atoms with Gasteiger partial charge in [0, 0.05) is 6.07 Å². The van der Waals surface area contributed by atoms with Gasteiger partial charge in [-0.15, -0.1) is 0 Å². The standard InChI is InChI=1S/C42H34N/c1-3-43-24-23-33-17-10-11-20-40(33)42(43)41-29-36(22-21-30(41)2)34-18-12-19-35(25-34)39-27-37(31-13-6-4-7-14-31)26-38(28-39)32-15-8-5-9-16-32/h4-29H,3H2,1-2H3/q+1. The molecule has 0 aliphatic heterocycles. The van der Waals surface area contributed by atoms with Gasteiger partial charge in [-0.3, -0.25) is 0 Å². The molecule has 1 nitrogen and oxygen atoms in total. The van der Waals surface area contributed by atoms with Crippen molar-refractivity contribution in [2.24, 2.45) is 0 Å². The van der Waals surface area contributed by atoms with Gasteiger partial charge in [-0.25, -0.2) is 0 Å². The summed E-state index contributed by atoms with van der Waals surface area (Å²) in [6, 6.07) is 55.1. The molecule has 1 heterocycles. The summed E-state index contributed by atoms with van der Waals surface area (Å²) in [5.74, 6) is 0. The molecule has 0 fully saturated rings. The summed E-state index contributed by atoms with van der Waals surface area (Å²) in [4.78, 5) is 0. The van der Waals surface area contributed by atoms with Crippen LogP contribution < -0.4 is 4.57 Å². The smallest absolute Gasteiger partial charge is 0.198 e. The van der Waals surface area contributed by atoms with E-state index in [1.54, 1.807) is 0 Å². The van der Waals surface area contributed by atoms with Crippen molar-refractivity contribution in [2.45, 2.75) is 20.4 Å². The van der Waals surface area contributed by atoms with Crippen LogP contribution in [0.5, 0.6) is 0 Å². The Labute approximate surface area is 254 Å². The van der Waals surface area contributed by atoms with E-state index in [9.17, 15) is 0 Å². The predicted molar refractivity (Wildman–Crippen MR) is 182 cm³/mol. The fourth-order valence-electron chi connectivity index (χ4n) is 6.14. The highest BCUT2D eigenvalue weighted by molar-refractivity contribution is 5.94. The molecule has 0 N–H and O–H groups in total. The van der Waals surface area contributed by atoms with Crippen LogP contribution in [0.25, 0.3) is 66.5 Å². The normalized spacial score (nSPS) is 11.1. The molecule has 1 aromatic heterocycles. The zero-order valence-electron chi connectivity index (χ0n) is 24.7. The first kappa shape index (κ1) is 26.6. The zero-order valence-corrected chi connectivity index (χ0v) is 24.7. The Morgan fingerprint density at radius 2 is 0.953 bits per heavy atom. The van der Waals surface area contributed by atoms with E-state index >= 15 is 0 Å². The molecule has 0 aliphatic rings. The first-order valence-corrected chi connectivity index (χ1v) is 15.1. The molecule has 6 aromatic carbocycles. The molecule has 43 heavy (non-hydrogen) atoms. The van der Waals surface area contributed by atoms with Crippen LogP contribution in [0.15, 0.2) is 158 Å². The van der Waals surface area contributed by atoms with Crippen molar-refractivity contribution in [3.8, 4) is 55.8 Å². The number of aromatic nitrogens is 1. The van der Waals surface area contributed by atoms with Crippen molar-refractivity contribution in [2.75, 3.05) is 0 Å². The van der Waals surface area contributed by atoms with Gasteiger partial charge in [-0.2, -0.15) is 4.57 Å². The Morgan fingerprint density at radius 1 is 0.442 bits per heavy atom. The third-order valence-corrected chi connectivity index (χ3v) is 8.45. The predicted octanol–water partition coefficient (Wildman–Crippen LogP) is 10.8. The fraction of sp³-hybridized carbons (Fsp3) is 0.0714. The summed E-state index contributed by atoms with van der Waals surface area (Å²) in [5.41, 5.74) is 13.6. The highest BCUT2D eigenvalue weighted by atomic mass is 14.9. The molecular weight excluding hydrogens is 518 g/mol. The van der Waals surface area contributed by atoms with E-state index in [1.165, 1.54) is 72.1 Å². The molecule has 7 aromatic rings. The van der Waals surface area contributed by atoms with Crippen LogP contribution in [0.3, 0.4) is 0 Å². The Kier molecular flexibility index (Phi) is 7.15. The summed E-state index contributed by atoms with van der Waals surface area (Å²) < 4.78 is 2.37. The first-order valence-electron chi connectivity index (χ1n) is 15.1. The fourth-order valence-corrected chi connectivity index (χ4v) is 6.14. The van der Waals surface area contributed by atoms with Gasteiger partial charge in [0.2, 0.25) is 5.69 Å². The summed E-state index contributed by atoms with van der Waals surface area (Å²) in [6.45, 7) is 5.35. The van der Waals surface area contributed by atoms with Crippen LogP contribution in [0.4, 0.5) is 0 Å². The van der Waals surface area contributed by atoms with Crippen LogP contribution in [0, 0.1) is 6.92 Å². The third kappa shape index (κ3) is 5.27. The summed E-state index contributed by atoms with van der Waals surface area (Å²) >= 11 is 0. The molecule has 7 rings (SSSR count). The lowest BCUT2D eigenvalue weighted by Crippen LogP contribution is -2.34. The average molecular weight is 553 g/mol. The Bertz CT molecular complexity index is 2000. The molecule has 0 aliphatic carbocycles. The van der Waals surface area contributed by atoms with Crippen LogP contribution in [-0.4, -0.2) is 0 Å². The Hall–Kier alpha value is -5.27. The highest BCUT2D eigenvalue weighted by Gasteiger charge is 2.19. The molecule has 0 saturated heterocycles. The number of rotatable bonds is 6. The molecule has 0 spiro atoms. The maximum atomic E-state index is 2.37. The van der Waals surface area contributed by atoms with Crippen LogP contribution in [-0.2, 0) is 6.54 Å². The highest BCUT2D eigenvalue weighted by Crippen LogP contribution is 2.36. The van der Waals surface area contributed by atoms with Crippen LogP contribution in [0.1, 0.15) is 12.5 Å². The largest absolute Gasteiger partial charge is 0.220 e. The number of fused-ring (bicyclic) bond motifs is 1. The van der Waals surface area contributed by atoms with Gasteiger partial charge in [0.15, 0.2) is 6.20 Å². The number of hydrogen-bond donors (Lipinski definition) is 0. The van der Waals surface area contributed by atoms with Crippen LogP contribution in [0.2, 0.25) is 0 Å². The van der Waals surface area contributed by atoms with Crippen molar-refractivity contribution in [3.05, 3.63) is 163 Å². The minimum absolute atomic E-state index is 0.917. The summed E-state index contributed by atoms with van der Waals surface area (Å²) in [7, 11) is 0. The molecule has 0 saturated carbocycles. The van der Waals surface area contributed by atoms with Gasteiger partial charge in [0.05, 0.1) is 10.9 Å². The Morgan fingerprint density at radius 3 is 1.60 bits per heavy atom. The van der Waals surface area contributed by atoms with E-state index in [0.717, 1.165) is 6.54 Å². The molecule has 0 radical (unpaired) electrons. The second kappa shape index (κ2) is 11.5. The number of nitrogens with zero attached hydrogens (tertiary/aromatic N) is 1. The van der Waals surface area contributed by atoms with Gasteiger partial charge in [0.1, 0.15) is 6.54 Å². The van der Waals surface area contributed by atoms with E-state index in [2.05, 4.69) is 176 Å². The minimum atomic E-state index is 0.917.